The van der Waals surface area contributed by atoms with E-state index in [2.05, 4.69) is 22.9 Å². The average Bonchev–Trinajstić information content (AvgIpc) is 2.11. The Kier molecular flexibility index (Phi) is 4.20. The summed E-state index contributed by atoms with van der Waals surface area (Å²) >= 11 is 9.23. The summed E-state index contributed by atoms with van der Waals surface area (Å²) in [6.45, 7) is 2.05. The molecule has 0 aliphatic carbocycles. The Morgan fingerprint density at radius 2 is 2.23 bits per heavy atom. The molecular formula is C10H11BrClF. The first-order valence-electron chi connectivity index (χ1n) is 4.14. The first-order chi connectivity index (χ1) is 6.15. The maximum absolute atomic E-state index is 13.2. The Labute approximate surface area is 91.2 Å². The maximum Gasteiger partial charge on any atom is 0.127 e. The minimum absolute atomic E-state index is 0.208. The van der Waals surface area contributed by atoms with Gasteiger partial charge in [0.1, 0.15) is 5.82 Å². The van der Waals surface area contributed by atoms with Crippen molar-refractivity contribution in [3.63, 3.8) is 0 Å². The fraction of sp³-hybridized carbons (Fsp3) is 0.400. The van der Waals surface area contributed by atoms with Crippen molar-refractivity contribution in [2.75, 3.05) is 5.33 Å². The van der Waals surface area contributed by atoms with Gasteiger partial charge in [0.15, 0.2) is 0 Å². The van der Waals surface area contributed by atoms with Crippen LogP contribution in [0.4, 0.5) is 4.39 Å². The third-order valence-corrected chi connectivity index (χ3v) is 3.34. The van der Waals surface area contributed by atoms with E-state index < -0.39 is 0 Å². The molecule has 0 spiro atoms. The average molecular weight is 266 g/mol. The lowest BCUT2D eigenvalue weighted by Gasteiger charge is -2.09. The van der Waals surface area contributed by atoms with E-state index in [0.717, 1.165) is 5.33 Å². The molecule has 1 rings (SSSR count). The number of hydrogen-bond acceptors (Lipinski definition) is 0. The zero-order valence-corrected chi connectivity index (χ0v) is 9.70. The van der Waals surface area contributed by atoms with Gasteiger partial charge >= 0.3 is 0 Å². The zero-order chi connectivity index (χ0) is 9.84. The van der Waals surface area contributed by atoms with Gasteiger partial charge in [-0.05, 0) is 24.5 Å². The second-order valence-corrected chi connectivity index (χ2v) is 4.22. The van der Waals surface area contributed by atoms with Crippen LogP contribution >= 0.6 is 27.5 Å². The molecule has 0 N–H and O–H groups in total. The van der Waals surface area contributed by atoms with Crippen molar-refractivity contribution in [1.82, 2.24) is 0 Å². The fourth-order valence-corrected chi connectivity index (χ4v) is 1.60. The van der Waals surface area contributed by atoms with Gasteiger partial charge in [0.05, 0.1) is 0 Å². The van der Waals surface area contributed by atoms with E-state index >= 15 is 0 Å². The Morgan fingerprint density at radius 1 is 1.54 bits per heavy atom. The van der Waals surface area contributed by atoms with E-state index in [0.29, 0.717) is 22.9 Å². The molecular weight excluding hydrogens is 254 g/mol. The molecule has 3 heteroatoms. The molecule has 0 amide bonds. The van der Waals surface area contributed by atoms with Crippen molar-refractivity contribution >= 4 is 27.5 Å². The van der Waals surface area contributed by atoms with Crippen LogP contribution in [0.15, 0.2) is 18.2 Å². The molecule has 0 saturated heterocycles. The summed E-state index contributed by atoms with van der Waals surface area (Å²) in [4.78, 5) is 0. The maximum atomic E-state index is 13.2. The molecule has 1 unspecified atom stereocenters. The van der Waals surface area contributed by atoms with E-state index in [4.69, 9.17) is 11.6 Å². The summed E-state index contributed by atoms with van der Waals surface area (Å²) in [7, 11) is 0. The van der Waals surface area contributed by atoms with Gasteiger partial charge in [-0.15, -0.1) is 0 Å². The topological polar surface area (TPSA) is 0 Å². The van der Waals surface area contributed by atoms with Crippen LogP contribution in [-0.2, 0) is 6.42 Å². The highest BCUT2D eigenvalue weighted by Crippen LogP contribution is 2.22. The van der Waals surface area contributed by atoms with Crippen LogP contribution in [0.3, 0.4) is 0 Å². The van der Waals surface area contributed by atoms with Gasteiger partial charge in [-0.2, -0.15) is 0 Å². The number of benzene rings is 1. The molecule has 0 radical (unpaired) electrons. The van der Waals surface area contributed by atoms with Crippen molar-refractivity contribution in [3.05, 3.63) is 34.6 Å². The van der Waals surface area contributed by atoms with Crippen molar-refractivity contribution in [2.24, 2.45) is 5.92 Å². The molecule has 0 bridgehead atoms. The van der Waals surface area contributed by atoms with E-state index in [-0.39, 0.29) is 5.82 Å². The summed E-state index contributed by atoms with van der Waals surface area (Å²) in [5, 5.41) is 1.38. The number of alkyl halides is 1. The zero-order valence-electron chi connectivity index (χ0n) is 7.36. The van der Waals surface area contributed by atoms with Gasteiger partial charge in [-0.1, -0.05) is 40.5 Å². The van der Waals surface area contributed by atoms with Gasteiger partial charge < -0.3 is 0 Å². The highest BCUT2D eigenvalue weighted by molar-refractivity contribution is 9.09. The predicted molar refractivity (Wildman–Crippen MR) is 58.1 cm³/mol. The SMILES string of the molecule is CC(CBr)Cc1c(F)cccc1Cl. The Morgan fingerprint density at radius 3 is 2.77 bits per heavy atom. The van der Waals surface area contributed by atoms with E-state index in [1.165, 1.54) is 6.07 Å². The van der Waals surface area contributed by atoms with Crippen molar-refractivity contribution in [2.45, 2.75) is 13.3 Å². The molecule has 13 heavy (non-hydrogen) atoms. The Bertz CT molecular complexity index is 268. The van der Waals surface area contributed by atoms with Crippen LogP contribution in [0.2, 0.25) is 5.02 Å². The van der Waals surface area contributed by atoms with Gasteiger partial charge in [0.2, 0.25) is 0 Å². The minimum Gasteiger partial charge on any atom is -0.207 e. The molecule has 0 heterocycles. The molecule has 0 saturated carbocycles. The molecule has 1 aromatic carbocycles. The van der Waals surface area contributed by atoms with Gasteiger partial charge in [-0.25, -0.2) is 4.39 Å². The first-order valence-corrected chi connectivity index (χ1v) is 5.64. The molecule has 0 aliphatic heterocycles. The molecule has 0 aromatic heterocycles. The summed E-state index contributed by atoms with van der Waals surface area (Å²) < 4.78 is 13.2. The quantitative estimate of drug-likeness (QED) is 0.723. The number of halogens is 3. The highest BCUT2D eigenvalue weighted by Gasteiger charge is 2.09. The number of rotatable bonds is 3. The first kappa shape index (κ1) is 11.0. The predicted octanol–water partition coefficient (Wildman–Crippen LogP) is 4.05. The lowest BCUT2D eigenvalue weighted by molar-refractivity contribution is 0.579. The summed E-state index contributed by atoms with van der Waals surface area (Å²) in [6.07, 6.45) is 0.677. The van der Waals surface area contributed by atoms with Gasteiger partial charge in [-0.3, -0.25) is 0 Å². The van der Waals surface area contributed by atoms with Gasteiger partial charge in [0.25, 0.3) is 0 Å². The van der Waals surface area contributed by atoms with Crippen LogP contribution in [0.5, 0.6) is 0 Å². The molecule has 1 atom stereocenters. The summed E-state index contributed by atoms with van der Waals surface area (Å²) in [5.74, 6) is 0.190. The van der Waals surface area contributed by atoms with Crippen molar-refractivity contribution in [1.29, 1.82) is 0 Å². The summed E-state index contributed by atoms with van der Waals surface area (Å²) in [5.41, 5.74) is 0.621. The molecule has 0 fully saturated rings. The second-order valence-electron chi connectivity index (χ2n) is 3.16. The smallest absolute Gasteiger partial charge is 0.127 e. The fourth-order valence-electron chi connectivity index (χ4n) is 1.13. The van der Waals surface area contributed by atoms with Crippen LogP contribution in [-0.4, -0.2) is 5.33 Å². The normalized spacial score (nSPS) is 12.9. The monoisotopic (exact) mass is 264 g/mol. The van der Waals surface area contributed by atoms with Gasteiger partial charge in [0, 0.05) is 15.9 Å². The largest absolute Gasteiger partial charge is 0.207 e. The molecule has 0 nitrogen and oxygen atoms in total. The minimum atomic E-state index is -0.208. The summed E-state index contributed by atoms with van der Waals surface area (Å²) in [6, 6.07) is 4.79. The lowest BCUT2D eigenvalue weighted by Crippen LogP contribution is -2.03. The van der Waals surface area contributed by atoms with E-state index in [1.807, 2.05) is 0 Å². The number of hydrogen-bond donors (Lipinski definition) is 0. The van der Waals surface area contributed by atoms with Crippen LogP contribution in [0.1, 0.15) is 12.5 Å². The van der Waals surface area contributed by atoms with Crippen LogP contribution < -0.4 is 0 Å². The Balaban J connectivity index is 2.87. The van der Waals surface area contributed by atoms with Crippen molar-refractivity contribution in [3.8, 4) is 0 Å². The van der Waals surface area contributed by atoms with Crippen LogP contribution in [0.25, 0.3) is 0 Å². The third kappa shape index (κ3) is 2.96. The molecule has 72 valence electrons. The standard InChI is InChI=1S/C10H11BrClF/c1-7(6-11)5-8-9(12)3-2-4-10(8)13/h2-4,7H,5-6H2,1H3. The highest BCUT2D eigenvalue weighted by atomic mass is 79.9. The third-order valence-electron chi connectivity index (χ3n) is 1.88. The second kappa shape index (κ2) is 4.97. The molecule has 0 aliphatic rings. The molecule has 1 aromatic rings. The van der Waals surface area contributed by atoms with Crippen molar-refractivity contribution < 1.29 is 4.39 Å². The van der Waals surface area contributed by atoms with E-state index in [1.54, 1.807) is 12.1 Å². The van der Waals surface area contributed by atoms with E-state index in [9.17, 15) is 4.39 Å². The van der Waals surface area contributed by atoms with Crippen LogP contribution in [0, 0.1) is 11.7 Å². The lowest BCUT2D eigenvalue weighted by atomic mass is 10.0. The Hall–Kier alpha value is -0.0800.